The van der Waals surface area contributed by atoms with E-state index >= 15 is 0 Å². The summed E-state index contributed by atoms with van der Waals surface area (Å²) in [5, 5.41) is 6.97. The molecule has 0 fully saturated rings. The summed E-state index contributed by atoms with van der Waals surface area (Å²) in [6, 6.07) is 22.9. The molecule has 2 aromatic carbocycles. The van der Waals surface area contributed by atoms with Crippen molar-refractivity contribution in [2.75, 3.05) is 0 Å². The minimum Gasteiger partial charge on any atom is -0.325 e. The van der Waals surface area contributed by atoms with Crippen LogP contribution >= 0.6 is 22.7 Å². The minimum atomic E-state index is 0. The first kappa shape index (κ1) is 18.3. The summed E-state index contributed by atoms with van der Waals surface area (Å²) in [5.41, 5.74) is 3.38. The Labute approximate surface area is 193 Å². The first-order chi connectivity index (χ1) is 14.3. The minimum absolute atomic E-state index is 0. The largest absolute Gasteiger partial charge is 0.325 e. The molecule has 6 heteroatoms. The molecule has 0 atom stereocenters. The van der Waals surface area contributed by atoms with Crippen LogP contribution in [0.2, 0.25) is 0 Å². The molecule has 1 radical (unpaired) electrons. The Bertz CT molecular complexity index is 1680. The molecule has 0 bridgehead atoms. The Balaban J connectivity index is 0.00000175. The second-order valence-electron chi connectivity index (χ2n) is 7.31. The Kier molecular flexibility index (Phi) is 3.96. The van der Waals surface area contributed by atoms with Crippen LogP contribution in [0.3, 0.4) is 0 Å². The van der Waals surface area contributed by atoms with E-state index in [4.69, 9.17) is 4.98 Å². The number of pyridine rings is 1. The van der Waals surface area contributed by atoms with E-state index in [1.165, 1.54) is 41.6 Å². The summed E-state index contributed by atoms with van der Waals surface area (Å²) < 4.78 is 5.94. The zero-order valence-corrected chi connectivity index (χ0v) is 19.9. The molecule has 7 aromatic rings. The number of hydrogen-bond acceptors (Lipinski definition) is 3. The maximum Gasteiger partial charge on any atom is 0.130 e. The Morgan fingerprint density at radius 3 is 2.37 bits per heavy atom. The number of hydrogen-bond donors (Lipinski definition) is 0. The number of thiophene rings is 2. The molecule has 5 aromatic heterocycles. The van der Waals surface area contributed by atoms with E-state index in [0.29, 0.717) is 0 Å². The third-order valence-corrected chi connectivity index (χ3v) is 7.60. The van der Waals surface area contributed by atoms with Crippen molar-refractivity contribution < 1.29 is 20.1 Å². The Hall–Kier alpha value is -2.50. The third-order valence-electron chi connectivity index (χ3n) is 5.67. The number of para-hydroxylation sites is 2. The van der Waals surface area contributed by atoms with E-state index in [2.05, 4.69) is 76.6 Å². The van der Waals surface area contributed by atoms with Crippen molar-refractivity contribution in [2.24, 2.45) is 0 Å². The van der Waals surface area contributed by atoms with Crippen molar-refractivity contribution >= 4 is 70.4 Å². The van der Waals surface area contributed by atoms with Gasteiger partial charge in [-0.2, -0.15) is 6.07 Å². The molecule has 0 amide bonds. The average Bonchev–Trinajstić information content (AvgIpc) is 3.50. The molecular weight excluding hydrogens is 587 g/mol. The van der Waals surface area contributed by atoms with Gasteiger partial charge in [-0.3, -0.25) is 9.55 Å². The number of benzene rings is 2. The van der Waals surface area contributed by atoms with Crippen LogP contribution in [-0.4, -0.2) is 14.0 Å². The van der Waals surface area contributed by atoms with E-state index in [1.807, 2.05) is 22.9 Å². The van der Waals surface area contributed by atoms with Crippen molar-refractivity contribution in [3.8, 4) is 5.82 Å². The summed E-state index contributed by atoms with van der Waals surface area (Å²) in [6.07, 6.45) is 2.01. The molecule has 30 heavy (non-hydrogen) atoms. The monoisotopic (exact) mass is 601 g/mol. The predicted molar refractivity (Wildman–Crippen MR) is 124 cm³/mol. The van der Waals surface area contributed by atoms with Gasteiger partial charge in [-0.1, -0.05) is 52.5 Å². The van der Waals surface area contributed by atoms with Crippen LogP contribution in [0.4, 0.5) is 0 Å². The SMILES string of the molecule is Cc1cc2c3sc[c-]c3c3ncc(-n4c5ccccc5c5ccccc54)n3c2s1.[Ir]. The second kappa shape index (κ2) is 6.50. The van der Waals surface area contributed by atoms with Crippen molar-refractivity contribution in [1.82, 2.24) is 14.0 Å². The van der Waals surface area contributed by atoms with E-state index in [0.717, 1.165) is 16.9 Å². The first-order valence-electron chi connectivity index (χ1n) is 9.48. The van der Waals surface area contributed by atoms with Gasteiger partial charge in [0.25, 0.3) is 0 Å². The van der Waals surface area contributed by atoms with Gasteiger partial charge in [0.15, 0.2) is 0 Å². The van der Waals surface area contributed by atoms with Gasteiger partial charge in [-0.15, -0.1) is 16.7 Å². The smallest absolute Gasteiger partial charge is 0.130 e. The first-order valence-corrected chi connectivity index (χ1v) is 11.2. The van der Waals surface area contributed by atoms with Crippen molar-refractivity contribution in [1.29, 1.82) is 0 Å². The fourth-order valence-electron chi connectivity index (χ4n) is 4.51. The van der Waals surface area contributed by atoms with Crippen LogP contribution in [-0.2, 0) is 20.1 Å². The van der Waals surface area contributed by atoms with Gasteiger partial charge in [-0.25, -0.2) is 11.3 Å². The Morgan fingerprint density at radius 1 is 0.933 bits per heavy atom. The quantitative estimate of drug-likeness (QED) is 0.187. The average molecular weight is 601 g/mol. The molecular formula is C24H14IrN3S2-. The van der Waals surface area contributed by atoms with Gasteiger partial charge in [-0.05, 0) is 24.4 Å². The molecule has 0 aliphatic carbocycles. The van der Waals surface area contributed by atoms with Crippen LogP contribution in [0.5, 0.6) is 0 Å². The number of nitrogens with zero attached hydrogens (tertiary/aromatic N) is 3. The molecule has 7 rings (SSSR count). The van der Waals surface area contributed by atoms with Gasteiger partial charge in [0.05, 0.1) is 22.1 Å². The normalized spacial score (nSPS) is 11.9. The van der Waals surface area contributed by atoms with E-state index in [9.17, 15) is 0 Å². The molecule has 0 aliphatic heterocycles. The number of aromatic nitrogens is 3. The van der Waals surface area contributed by atoms with Crippen molar-refractivity contribution in [2.45, 2.75) is 6.92 Å². The maximum absolute atomic E-state index is 4.87. The predicted octanol–water partition coefficient (Wildman–Crippen LogP) is 6.97. The molecule has 0 spiro atoms. The molecule has 0 unspecified atom stereocenters. The van der Waals surface area contributed by atoms with Crippen LogP contribution in [0.15, 0.2) is 66.2 Å². The number of aryl methyl sites for hydroxylation is 1. The van der Waals surface area contributed by atoms with E-state index in [-0.39, 0.29) is 20.1 Å². The van der Waals surface area contributed by atoms with E-state index in [1.54, 1.807) is 11.3 Å². The maximum atomic E-state index is 4.87. The number of fused-ring (bicyclic) bond motifs is 9. The topological polar surface area (TPSA) is 22.2 Å². The number of imidazole rings is 1. The van der Waals surface area contributed by atoms with Crippen LogP contribution in [0.1, 0.15) is 4.88 Å². The van der Waals surface area contributed by atoms with Crippen LogP contribution in [0, 0.1) is 13.0 Å². The van der Waals surface area contributed by atoms with Crippen molar-refractivity contribution in [3.05, 3.63) is 77.1 Å². The summed E-state index contributed by atoms with van der Waals surface area (Å²) in [4.78, 5) is 7.43. The van der Waals surface area contributed by atoms with Crippen LogP contribution in [0.25, 0.3) is 53.6 Å². The Morgan fingerprint density at radius 2 is 1.63 bits per heavy atom. The fourth-order valence-corrected chi connectivity index (χ4v) is 6.45. The standard InChI is InChI=1S/C24H14N3S2.Ir/c1-14-12-18-22-17(10-11-28-22)23-25-13-21(27(23)24(18)29-14)26-19-8-4-2-6-15(19)16-7-3-5-9-20(16)26;/h2-9,11-13H,1H3;/q-1;. The zero-order valence-electron chi connectivity index (χ0n) is 15.8. The fraction of sp³-hybridized carbons (Fsp3) is 0.0417. The second-order valence-corrected chi connectivity index (χ2v) is 9.42. The molecule has 0 saturated carbocycles. The van der Waals surface area contributed by atoms with Gasteiger partial charge in [0.1, 0.15) is 5.82 Å². The van der Waals surface area contributed by atoms with Gasteiger partial charge < -0.3 is 4.40 Å². The number of rotatable bonds is 1. The summed E-state index contributed by atoms with van der Waals surface area (Å²) in [5.74, 6) is 1.07. The third kappa shape index (κ3) is 2.25. The van der Waals surface area contributed by atoms with Crippen LogP contribution < -0.4 is 0 Å². The van der Waals surface area contributed by atoms with Gasteiger partial charge >= 0.3 is 0 Å². The molecule has 3 nitrogen and oxygen atoms in total. The van der Waals surface area contributed by atoms with Gasteiger partial charge in [0.2, 0.25) is 0 Å². The van der Waals surface area contributed by atoms with Crippen molar-refractivity contribution in [3.63, 3.8) is 0 Å². The van der Waals surface area contributed by atoms with Gasteiger partial charge in [0, 0.05) is 41.4 Å². The molecule has 147 valence electrons. The van der Waals surface area contributed by atoms with E-state index < -0.39 is 0 Å². The molecule has 5 heterocycles. The zero-order chi connectivity index (χ0) is 19.1. The molecule has 0 N–H and O–H groups in total. The summed E-state index contributed by atoms with van der Waals surface area (Å²) in [6.45, 7) is 2.18. The summed E-state index contributed by atoms with van der Waals surface area (Å²) >= 11 is 3.58. The molecule has 0 aliphatic rings. The summed E-state index contributed by atoms with van der Waals surface area (Å²) in [7, 11) is 0. The molecule has 0 saturated heterocycles.